The lowest BCUT2D eigenvalue weighted by Crippen LogP contribution is -2.44. The number of halogens is 2. The van der Waals surface area contributed by atoms with Crippen LogP contribution >= 0.6 is 0 Å². The van der Waals surface area contributed by atoms with Crippen LogP contribution < -0.4 is 19.7 Å². The number of hydrogen-bond donors (Lipinski definition) is 1. The molecule has 0 fully saturated rings. The molecule has 0 spiro atoms. The molecule has 4 aromatic rings. The van der Waals surface area contributed by atoms with Gasteiger partial charge in [-0.1, -0.05) is 0 Å². The standard InChI is InChI=1S/C32H33F2N5O10/c1-15-12-35-13-17(39(43)44)25(15)37-21-10-16-20(14-36-21)47-28(27(40)22-23(33)18(45-8)11-19(46-9)24(22)34)26(16)38(29(41)48-31(2,3)4)30(42)49-32(5,6)7/h10-14H,1-9H3,(H,35,36,37). The van der Waals surface area contributed by atoms with Crippen molar-refractivity contribution in [1.29, 1.82) is 0 Å². The first kappa shape index (κ1) is 36.0. The monoisotopic (exact) mass is 685 g/mol. The molecular formula is C32H33F2N5O10. The van der Waals surface area contributed by atoms with Crippen molar-refractivity contribution in [2.24, 2.45) is 0 Å². The number of ether oxygens (including phenoxy) is 4. The van der Waals surface area contributed by atoms with E-state index in [4.69, 9.17) is 23.4 Å². The van der Waals surface area contributed by atoms with E-state index in [1.807, 2.05) is 0 Å². The molecule has 260 valence electrons. The Hall–Kier alpha value is -5.87. The Morgan fingerprint density at radius 3 is 1.96 bits per heavy atom. The minimum Gasteiger partial charge on any atom is -0.494 e. The number of aromatic nitrogens is 2. The summed E-state index contributed by atoms with van der Waals surface area (Å²) in [5.74, 6) is -6.43. The molecule has 49 heavy (non-hydrogen) atoms. The third-order valence-electron chi connectivity index (χ3n) is 6.50. The number of aryl methyl sites for hydroxylation is 1. The van der Waals surface area contributed by atoms with Gasteiger partial charge in [-0.05, 0) is 60.1 Å². The number of nitrogens with zero attached hydrogens (tertiary/aromatic N) is 4. The number of pyridine rings is 2. The number of benzene rings is 1. The molecule has 4 rings (SSSR count). The van der Waals surface area contributed by atoms with Crippen molar-refractivity contribution in [3.8, 4) is 11.5 Å². The highest BCUT2D eigenvalue weighted by Gasteiger charge is 2.40. The van der Waals surface area contributed by atoms with Gasteiger partial charge in [-0.2, -0.15) is 4.90 Å². The summed E-state index contributed by atoms with van der Waals surface area (Å²) in [4.78, 5) is 61.1. The third kappa shape index (κ3) is 7.50. The summed E-state index contributed by atoms with van der Waals surface area (Å²) in [6.45, 7) is 10.6. The largest absolute Gasteiger partial charge is 0.494 e. The Morgan fingerprint density at radius 1 is 0.918 bits per heavy atom. The summed E-state index contributed by atoms with van der Waals surface area (Å²) in [6, 6.07) is 2.09. The van der Waals surface area contributed by atoms with Gasteiger partial charge in [-0.25, -0.2) is 23.4 Å². The fourth-order valence-electron chi connectivity index (χ4n) is 4.48. The van der Waals surface area contributed by atoms with Crippen LogP contribution in [0.4, 0.5) is 41.2 Å². The lowest BCUT2D eigenvalue weighted by molar-refractivity contribution is -0.384. The molecule has 1 aromatic carbocycles. The van der Waals surface area contributed by atoms with Crippen LogP contribution in [0.1, 0.15) is 63.2 Å². The second kappa shape index (κ2) is 13.3. The van der Waals surface area contributed by atoms with Crippen LogP contribution in [0.25, 0.3) is 11.0 Å². The highest BCUT2D eigenvalue weighted by atomic mass is 19.1. The molecule has 1 N–H and O–H groups in total. The zero-order chi connectivity index (χ0) is 36.6. The van der Waals surface area contributed by atoms with Crippen molar-refractivity contribution in [3.05, 3.63) is 69.4 Å². The number of amides is 2. The third-order valence-corrected chi connectivity index (χ3v) is 6.50. The van der Waals surface area contributed by atoms with Crippen molar-refractivity contribution in [2.45, 2.75) is 59.7 Å². The van der Waals surface area contributed by atoms with E-state index in [2.05, 4.69) is 15.3 Å². The summed E-state index contributed by atoms with van der Waals surface area (Å²) < 4.78 is 57.9. The van der Waals surface area contributed by atoms with Gasteiger partial charge in [0.25, 0.3) is 0 Å². The number of furan rings is 1. The summed E-state index contributed by atoms with van der Waals surface area (Å²) in [7, 11) is 2.16. The molecule has 15 nitrogen and oxygen atoms in total. The van der Waals surface area contributed by atoms with Gasteiger partial charge in [0, 0.05) is 12.3 Å². The fourth-order valence-corrected chi connectivity index (χ4v) is 4.48. The van der Waals surface area contributed by atoms with Gasteiger partial charge in [-0.15, -0.1) is 0 Å². The normalized spacial score (nSPS) is 11.6. The molecule has 3 aromatic heterocycles. The van der Waals surface area contributed by atoms with Crippen LogP contribution in [0.2, 0.25) is 0 Å². The maximum atomic E-state index is 15.6. The summed E-state index contributed by atoms with van der Waals surface area (Å²) in [5.41, 5.74) is -4.46. The number of nitrogens with one attached hydrogen (secondary N) is 1. The number of fused-ring (bicyclic) bond motifs is 1. The topological polar surface area (TPSA) is 185 Å². The van der Waals surface area contributed by atoms with Crippen LogP contribution in [-0.4, -0.2) is 58.3 Å². The molecule has 0 aliphatic carbocycles. The molecule has 0 unspecified atom stereocenters. The molecule has 17 heteroatoms. The van der Waals surface area contributed by atoms with E-state index < -0.39 is 79.9 Å². The Balaban J connectivity index is 2.07. The number of rotatable bonds is 8. The average molecular weight is 686 g/mol. The first-order valence-corrected chi connectivity index (χ1v) is 14.5. The van der Waals surface area contributed by atoms with E-state index in [0.29, 0.717) is 10.5 Å². The summed E-state index contributed by atoms with van der Waals surface area (Å²) >= 11 is 0. The van der Waals surface area contributed by atoms with Crippen LogP contribution in [0, 0.1) is 28.7 Å². The lowest BCUT2D eigenvalue weighted by atomic mass is 10.0. The van der Waals surface area contributed by atoms with E-state index in [9.17, 15) is 24.5 Å². The van der Waals surface area contributed by atoms with E-state index in [1.54, 1.807) is 6.92 Å². The Morgan fingerprint density at radius 2 is 1.47 bits per heavy atom. The molecular weight excluding hydrogens is 652 g/mol. The molecule has 0 aliphatic rings. The quantitative estimate of drug-likeness (QED) is 0.110. The first-order valence-electron chi connectivity index (χ1n) is 14.5. The summed E-state index contributed by atoms with van der Waals surface area (Å²) in [6.07, 6.45) is 0.782. The zero-order valence-corrected chi connectivity index (χ0v) is 28.0. The van der Waals surface area contributed by atoms with Crippen molar-refractivity contribution in [2.75, 3.05) is 24.4 Å². The zero-order valence-electron chi connectivity index (χ0n) is 28.0. The second-order valence-corrected chi connectivity index (χ2v) is 12.5. The minimum absolute atomic E-state index is 0.0111. The average Bonchev–Trinajstić information content (AvgIpc) is 3.34. The van der Waals surface area contributed by atoms with Gasteiger partial charge >= 0.3 is 17.9 Å². The molecule has 0 saturated carbocycles. The van der Waals surface area contributed by atoms with Crippen molar-refractivity contribution >= 4 is 51.8 Å². The predicted octanol–water partition coefficient (Wildman–Crippen LogP) is 7.39. The SMILES string of the molecule is COc1cc(OC)c(F)c(C(=O)c2oc3cnc(Nc4c(C)cncc4[N+](=O)[O-])cc3c2N(C(=O)OC(C)(C)C)C(=O)OC(C)(C)C)c1F. The van der Waals surface area contributed by atoms with Crippen LogP contribution in [-0.2, 0) is 9.47 Å². The number of carbonyl (C=O) groups excluding carboxylic acids is 3. The number of carbonyl (C=O) groups is 3. The van der Waals surface area contributed by atoms with E-state index in [0.717, 1.165) is 32.7 Å². The predicted molar refractivity (Wildman–Crippen MR) is 171 cm³/mol. The number of methoxy groups -OCH3 is 2. The molecule has 0 bridgehead atoms. The molecule has 2 amide bonds. The van der Waals surface area contributed by atoms with Crippen LogP contribution in [0.3, 0.4) is 0 Å². The molecule has 0 saturated heterocycles. The maximum absolute atomic E-state index is 15.6. The number of imide groups is 1. The number of anilines is 3. The van der Waals surface area contributed by atoms with Gasteiger partial charge in [0.15, 0.2) is 28.7 Å². The van der Waals surface area contributed by atoms with Gasteiger partial charge in [0.05, 0.1) is 30.7 Å². The van der Waals surface area contributed by atoms with Gasteiger partial charge in [0.1, 0.15) is 40.2 Å². The molecule has 0 atom stereocenters. The first-order chi connectivity index (χ1) is 22.8. The minimum atomic E-state index is -1.47. The van der Waals surface area contributed by atoms with Crippen LogP contribution in [0.15, 0.2) is 35.1 Å². The van der Waals surface area contributed by atoms with Gasteiger partial charge in [0.2, 0.25) is 11.5 Å². The number of hydrogen-bond acceptors (Lipinski definition) is 13. The van der Waals surface area contributed by atoms with E-state index >= 15 is 8.78 Å². The Kier molecular flexibility index (Phi) is 9.78. The molecule has 0 radical (unpaired) electrons. The number of ketones is 1. The van der Waals surface area contributed by atoms with E-state index in [1.165, 1.54) is 53.8 Å². The fraction of sp³-hybridized carbons (Fsp3) is 0.344. The smallest absolute Gasteiger partial charge is 0.424 e. The van der Waals surface area contributed by atoms with Crippen molar-refractivity contribution in [3.63, 3.8) is 0 Å². The highest BCUT2D eigenvalue weighted by Crippen LogP contribution is 2.41. The van der Waals surface area contributed by atoms with Crippen LogP contribution in [0.5, 0.6) is 11.5 Å². The Bertz CT molecular complexity index is 1930. The van der Waals surface area contributed by atoms with E-state index in [-0.39, 0.29) is 22.5 Å². The second-order valence-electron chi connectivity index (χ2n) is 12.5. The van der Waals surface area contributed by atoms with Crippen molar-refractivity contribution in [1.82, 2.24) is 9.97 Å². The lowest BCUT2D eigenvalue weighted by Gasteiger charge is -2.28. The maximum Gasteiger partial charge on any atom is 0.424 e. The van der Waals surface area contributed by atoms with Crippen molar-refractivity contribution < 1.29 is 51.5 Å². The highest BCUT2D eigenvalue weighted by molar-refractivity contribution is 6.23. The molecule has 3 heterocycles. The molecule has 0 aliphatic heterocycles. The summed E-state index contributed by atoms with van der Waals surface area (Å²) in [5, 5.41) is 14.4. The van der Waals surface area contributed by atoms with Gasteiger partial charge in [-0.3, -0.25) is 19.9 Å². The Labute approximate surface area is 278 Å². The number of nitro groups is 1. The van der Waals surface area contributed by atoms with Gasteiger partial charge < -0.3 is 28.7 Å².